The summed E-state index contributed by atoms with van der Waals surface area (Å²) in [6, 6.07) is 16.6. The third kappa shape index (κ3) is 2.52. The van der Waals surface area contributed by atoms with Crippen molar-refractivity contribution in [1.82, 2.24) is 9.97 Å². The molecule has 3 nitrogen and oxygen atoms in total. The number of para-hydroxylation sites is 2. The van der Waals surface area contributed by atoms with Crippen molar-refractivity contribution in [3.05, 3.63) is 54.1 Å². The number of nitrogens with one attached hydrogen (secondary N) is 1. The number of fused-ring (bicyclic) bond motifs is 1. The lowest BCUT2D eigenvalue weighted by Gasteiger charge is -2.19. The van der Waals surface area contributed by atoms with Gasteiger partial charge in [-0.15, -0.1) is 0 Å². The Labute approximate surface area is 118 Å². The minimum Gasteiger partial charge on any atom is -0.426 e. The Morgan fingerprint density at radius 3 is 2.55 bits per heavy atom. The van der Waals surface area contributed by atoms with Crippen LogP contribution in [0.25, 0.3) is 11.0 Å². The first-order valence-electron chi connectivity index (χ1n) is 6.75. The number of rotatable bonds is 2. The van der Waals surface area contributed by atoms with E-state index in [0.29, 0.717) is 6.01 Å². The van der Waals surface area contributed by atoms with Crippen LogP contribution in [0.5, 0.6) is 11.8 Å². The zero-order valence-electron chi connectivity index (χ0n) is 12.0. The molecule has 0 unspecified atom stereocenters. The summed E-state index contributed by atoms with van der Waals surface area (Å²) < 4.78 is 5.83. The zero-order chi connectivity index (χ0) is 14.2. The van der Waals surface area contributed by atoms with Gasteiger partial charge < -0.3 is 9.72 Å². The standard InChI is InChI=1S/C17H18N2O/c1-17(2,3)12-7-6-8-13(11-12)20-16-18-14-9-4-5-10-15(14)19-16/h4-11H,1-3H3,(H,18,19). The molecule has 0 saturated carbocycles. The lowest BCUT2D eigenvalue weighted by molar-refractivity contribution is 0.446. The summed E-state index contributed by atoms with van der Waals surface area (Å²) in [5.74, 6) is 0.802. The van der Waals surface area contributed by atoms with Crippen molar-refractivity contribution < 1.29 is 4.74 Å². The fourth-order valence-electron chi connectivity index (χ4n) is 2.12. The van der Waals surface area contributed by atoms with Crippen molar-refractivity contribution in [1.29, 1.82) is 0 Å². The van der Waals surface area contributed by atoms with Gasteiger partial charge in [-0.1, -0.05) is 45.0 Å². The van der Waals surface area contributed by atoms with Gasteiger partial charge in [0.15, 0.2) is 0 Å². The van der Waals surface area contributed by atoms with Crippen LogP contribution in [0.3, 0.4) is 0 Å². The van der Waals surface area contributed by atoms with Crippen LogP contribution in [0.2, 0.25) is 0 Å². The van der Waals surface area contributed by atoms with E-state index in [1.54, 1.807) is 0 Å². The van der Waals surface area contributed by atoms with Crippen LogP contribution in [0.4, 0.5) is 0 Å². The highest BCUT2D eigenvalue weighted by atomic mass is 16.5. The van der Waals surface area contributed by atoms with Gasteiger partial charge in [0.05, 0.1) is 11.0 Å². The molecule has 3 rings (SSSR count). The number of hydrogen-bond donors (Lipinski definition) is 1. The molecule has 0 spiro atoms. The Morgan fingerprint density at radius 1 is 1.00 bits per heavy atom. The second-order valence-corrected chi connectivity index (χ2v) is 5.94. The zero-order valence-corrected chi connectivity index (χ0v) is 12.0. The average molecular weight is 266 g/mol. The molecule has 0 atom stereocenters. The Balaban J connectivity index is 1.91. The largest absolute Gasteiger partial charge is 0.426 e. The van der Waals surface area contributed by atoms with Gasteiger partial charge in [-0.25, -0.2) is 0 Å². The Morgan fingerprint density at radius 2 is 1.80 bits per heavy atom. The van der Waals surface area contributed by atoms with E-state index < -0.39 is 0 Å². The second kappa shape index (κ2) is 4.67. The third-order valence-corrected chi connectivity index (χ3v) is 3.28. The highest BCUT2D eigenvalue weighted by Crippen LogP contribution is 2.28. The molecule has 1 N–H and O–H groups in total. The molecule has 2 aromatic carbocycles. The van der Waals surface area contributed by atoms with Crippen molar-refractivity contribution in [2.75, 3.05) is 0 Å². The summed E-state index contributed by atoms with van der Waals surface area (Å²) in [6.45, 7) is 6.56. The molecule has 0 bridgehead atoms. The number of benzene rings is 2. The van der Waals surface area contributed by atoms with Gasteiger partial charge in [-0.2, -0.15) is 4.98 Å². The van der Waals surface area contributed by atoms with E-state index in [1.807, 2.05) is 36.4 Å². The summed E-state index contributed by atoms with van der Waals surface area (Å²) in [5, 5.41) is 0. The lowest BCUT2D eigenvalue weighted by atomic mass is 9.87. The summed E-state index contributed by atoms with van der Waals surface area (Å²) in [7, 11) is 0. The van der Waals surface area contributed by atoms with E-state index in [-0.39, 0.29) is 5.41 Å². The monoisotopic (exact) mass is 266 g/mol. The van der Waals surface area contributed by atoms with Gasteiger partial charge in [0.25, 0.3) is 6.01 Å². The van der Waals surface area contributed by atoms with E-state index >= 15 is 0 Å². The van der Waals surface area contributed by atoms with Gasteiger partial charge in [-0.3, -0.25) is 0 Å². The smallest absolute Gasteiger partial charge is 0.300 e. The molecule has 0 radical (unpaired) electrons. The first-order chi connectivity index (χ1) is 9.52. The van der Waals surface area contributed by atoms with E-state index in [9.17, 15) is 0 Å². The fraction of sp³-hybridized carbons (Fsp3) is 0.235. The lowest BCUT2D eigenvalue weighted by Crippen LogP contribution is -2.10. The molecule has 1 heterocycles. The molecule has 0 fully saturated rings. The summed E-state index contributed by atoms with van der Waals surface area (Å²) in [6.07, 6.45) is 0. The maximum Gasteiger partial charge on any atom is 0.300 e. The van der Waals surface area contributed by atoms with Gasteiger partial charge in [-0.05, 0) is 35.2 Å². The molecule has 0 saturated heterocycles. The van der Waals surface area contributed by atoms with Gasteiger partial charge in [0.2, 0.25) is 0 Å². The summed E-state index contributed by atoms with van der Waals surface area (Å²) in [4.78, 5) is 7.59. The molecular weight excluding hydrogens is 248 g/mol. The maximum absolute atomic E-state index is 5.83. The first-order valence-corrected chi connectivity index (χ1v) is 6.75. The quantitative estimate of drug-likeness (QED) is 0.733. The topological polar surface area (TPSA) is 37.9 Å². The van der Waals surface area contributed by atoms with Crippen LogP contribution in [0.1, 0.15) is 26.3 Å². The highest BCUT2D eigenvalue weighted by molar-refractivity contribution is 5.75. The van der Waals surface area contributed by atoms with E-state index in [0.717, 1.165) is 16.8 Å². The molecule has 0 aliphatic rings. The molecule has 0 aliphatic heterocycles. The third-order valence-electron chi connectivity index (χ3n) is 3.28. The molecule has 0 amide bonds. The van der Waals surface area contributed by atoms with Gasteiger partial charge in [0.1, 0.15) is 5.75 Å². The Kier molecular flexibility index (Phi) is 2.97. The maximum atomic E-state index is 5.83. The molecule has 0 aliphatic carbocycles. The molecule has 3 aromatic rings. The van der Waals surface area contributed by atoms with Crippen LogP contribution in [-0.2, 0) is 5.41 Å². The van der Waals surface area contributed by atoms with Crippen LogP contribution < -0.4 is 4.74 Å². The number of H-pyrrole nitrogens is 1. The minimum atomic E-state index is 0.104. The van der Waals surface area contributed by atoms with E-state index in [2.05, 4.69) is 42.9 Å². The van der Waals surface area contributed by atoms with E-state index in [1.165, 1.54) is 5.56 Å². The van der Waals surface area contributed by atoms with E-state index in [4.69, 9.17) is 4.74 Å². The fourth-order valence-corrected chi connectivity index (χ4v) is 2.12. The minimum absolute atomic E-state index is 0.104. The Hall–Kier alpha value is -2.29. The predicted octanol–water partition coefficient (Wildman–Crippen LogP) is 4.65. The Bertz CT molecular complexity index is 705. The summed E-state index contributed by atoms with van der Waals surface area (Å²) in [5.41, 5.74) is 3.24. The number of imidazole rings is 1. The van der Waals surface area contributed by atoms with Crippen LogP contribution >= 0.6 is 0 Å². The van der Waals surface area contributed by atoms with Crippen molar-refractivity contribution in [3.8, 4) is 11.8 Å². The number of aromatic amines is 1. The SMILES string of the molecule is CC(C)(C)c1cccc(Oc2nc3ccccc3[nH]2)c1. The number of ether oxygens (including phenoxy) is 1. The molecule has 20 heavy (non-hydrogen) atoms. The molecule has 1 aromatic heterocycles. The number of hydrogen-bond acceptors (Lipinski definition) is 2. The normalized spacial score (nSPS) is 11.8. The summed E-state index contributed by atoms with van der Waals surface area (Å²) >= 11 is 0. The van der Waals surface area contributed by atoms with Crippen LogP contribution in [-0.4, -0.2) is 9.97 Å². The first kappa shape index (κ1) is 12.7. The van der Waals surface area contributed by atoms with Crippen LogP contribution in [0.15, 0.2) is 48.5 Å². The molecule has 3 heteroatoms. The molecular formula is C17H18N2O. The van der Waals surface area contributed by atoms with Crippen molar-refractivity contribution >= 4 is 11.0 Å². The van der Waals surface area contributed by atoms with Gasteiger partial charge >= 0.3 is 0 Å². The number of aromatic nitrogens is 2. The average Bonchev–Trinajstić information content (AvgIpc) is 2.80. The predicted molar refractivity (Wildman–Crippen MR) is 81.3 cm³/mol. The van der Waals surface area contributed by atoms with Crippen molar-refractivity contribution in [2.45, 2.75) is 26.2 Å². The number of nitrogens with zero attached hydrogens (tertiary/aromatic N) is 1. The molecule has 102 valence electrons. The second-order valence-electron chi connectivity index (χ2n) is 5.94. The van der Waals surface area contributed by atoms with Crippen molar-refractivity contribution in [3.63, 3.8) is 0 Å². The highest BCUT2D eigenvalue weighted by Gasteiger charge is 2.14. The van der Waals surface area contributed by atoms with Crippen LogP contribution in [0, 0.1) is 0 Å². The van der Waals surface area contributed by atoms with Gasteiger partial charge in [0, 0.05) is 0 Å². The van der Waals surface area contributed by atoms with Crippen molar-refractivity contribution in [2.24, 2.45) is 0 Å².